The van der Waals surface area contributed by atoms with E-state index in [9.17, 15) is 0 Å². The normalized spacial score (nSPS) is 11.6. The van der Waals surface area contributed by atoms with E-state index in [2.05, 4.69) is 54.0 Å². The van der Waals surface area contributed by atoms with Gasteiger partial charge in [-0.25, -0.2) is 9.97 Å². The molecule has 0 saturated carbocycles. The molecule has 0 unspecified atom stereocenters. The Labute approximate surface area is 145 Å². The van der Waals surface area contributed by atoms with Gasteiger partial charge in [-0.15, -0.1) is 0 Å². The number of fused-ring (bicyclic) bond motifs is 4. The van der Waals surface area contributed by atoms with Gasteiger partial charge in [0.2, 0.25) is 0 Å². The molecule has 25 heavy (non-hydrogen) atoms. The van der Waals surface area contributed by atoms with Crippen molar-refractivity contribution in [3.8, 4) is 0 Å². The molecule has 0 spiro atoms. The summed E-state index contributed by atoms with van der Waals surface area (Å²) in [5.74, 6) is 0. The lowest BCUT2D eigenvalue weighted by Crippen LogP contribution is -2.01. The second-order valence-electron chi connectivity index (χ2n) is 6.48. The number of para-hydroxylation sites is 2. The molecule has 2 heterocycles. The summed E-state index contributed by atoms with van der Waals surface area (Å²) >= 11 is 0. The zero-order valence-electron chi connectivity index (χ0n) is 14.0. The van der Waals surface area contributed by atoms with Crippen molar-refractivity contribution in [2.45, 2.75) is 13.5 Å². The third-order valence-corrected chi connectivity index (χ3v) is 4.69. The molecule has 5 rings (SSSR count). The lowest BCUT2D eigenvalue weighted by molar-refractivity contribution is 0.857. The fourth-order valence-electron chi connectivity index (χ4n) is 3.47. The van der Waals surface area contributed by atoms with Crippen molar-refractivity contribution in [2.24, 2.45) is 0 Å². The van der Waals surface area contributed by atoms with Gasteiger partial charge in [0.05, 0.1) is 16.6 Å². The zero-order chi connectivity index (χ0) is 16.8. The maximum Gasteiger partial charge on any atom is 0.160 e. The predicted molar refractivity (Wildman–Crippen MR) is 103 cm³/mol. The molecule has 3 nitrogen and oxygen atoms in total. The molecule has 0 bridgehead atoms. The van der Waals surface area contributed by atoms with E-state index in [0.717, 1.165) is 28.7 Å². The van der Waals surface area contributed by atoms with E-state index in [-0.39, 0.29) is 0 Å². The van der Waals surface area contributed by atoms with Crippen LogP contribution in [0.15, 0.2) is 72.8 Å². The average molecular weight is 323 g/mol. The monoisotopic (exact) mass is 323 g/mol. The number of nitrogens with zero attached hydrogens (tertiary/aromatic N) is 3. The number of aromatic nitrogens is 3. The van der Waals surface area contributed by atoms with Crippen LogP contribution in [0.1, 0.15) is 11.1 Å². The molecule has 0 saturated heterocycles. The number of benzene rings is 3. The van der Waals surface area contributed by atoms with Gasteiger partial charge in [0, 0.05) is 11.9 Å². The summed E-state index contributed by atoms with van der Waals surface area (Å²) in [5.41, 5.74) is 7.48. The van der Waals surface area contributed by atoms with Crippen LogP contribution < -0.4 is 0 Å². The van der Waals surface area contributed by atoms with Gasteiger partial charge < -0.3 is 4.57 Å². The van der Waals surface area contributed by atoms with Crippen molar-refractivity contribution in [2.75, 3.05) is 0 Å². The standard InChI is InChI=1S/C22H17N3/c1-15-11-12-20-17(13-15)21-22(24-19-10-6-5-9-18(19)23-21)25(20)14-16-7-3-2-4-8-16/h2-13H,14H2,1H3. The fourth-order valence-corrected chi connectivity index (χ4v) is 3.47. The first-order valence-corrected chi connectivity index (χ1v) is 8.49. The van der Waals surface area contributed by atoms with E-state index >= 15 is 0 Å². The minimum atomic E-state index is 0.789. The Kier molecular flexibility index (Phi) is 3.07. The summed E-state index contributed by atoms with van der Waals surface area (Å²) < 4.78 is 2.28. The molecule has 0 aliphatic carbocycles. The highest BCUT2D eigenvalue weighted by Gasteiger charge is 2.14. The van der Waals surface area contributed by atoms with E-state index in [0.29, 0.717) is 0 Å². The first-order valence-electron chi connectivity index (χ1n) is 8.49. The van der Waals surface area contributed by atoms with E-state index in [1.807, 2.05) is 30.3 Å². The minimum absolute atomic E-state index is 0.789. The summed E-state index contributed by atoms with van der Waals surface area (Å²) in [5, 5.41) is 1.17. The van der Waals surface area contributed by atoms with Gasteiger partial charge in [-0.2, -0.15) is 0 Å². The molecular formula is C22H17N3. The van der Waals surface area contributed by atoms with Crippen LogP contribution in [-0.4, -0.2) is 14.5 Å². The van der Waals surface area contributed by atoms with Gasteiger partial charge in [0.25, 0.3) is 0 Å². The third-order valence-electron chi connectivity index (χ3n) is 4.69. The summed E-state index contributed by atoms with van der Waals surface area (Å²) in [6.07, 6.45) is 0. The van der Waals surface area contributed by atoms with Crippen molar-refractivity contribution in [1.82, 2.24) is 14.5 Å². The topological polar surface area (TPSA) is 30.7 Å². The molecule has 0 radical (unpaired) electrons. The molecule has 0 aliphatic rings. The van der Waals surface area contributed by atoms with Crippen LogP contribution in [-0.2, 0) is 6.54 Å². The lowest BCUT2D eigenvalue weighted by atomic mass is 10.1. The van der Waals surface area contributed by atoms with Gasteiger partial charge in [0.1, 0.15) is 5.52 Å². The smallest absolute Gasteiger partial charge is 0.160 e. The van der Waals surface area contributed by atoms with E-state index in [1.165, 1.54) is 22.0 Å². The Morgan fingerprint density at radius 3 is 2.32 bits per heavy atom. The summed E-state index contributed by atoms with van der Waals surface area (Å²) in [6, 6.07) is 25.1. The molecule has 0 amide bonds. The molecule has 0 aliphatic heterocycles. The fraction of sp³-hybridized carbons (Fsp3) is 0.0909. The maximum absolute atomic E-state index is 4.94. The van der Waals surface area contributed by atoms with Crippen LogP contribution in [0.25, 0.3) is 33.1 Å². The number of hydrogen-bond acceptors (Lipinski definition) is 2. The average Bonchev–Trinajstić information content (AvgIpc) is 2.93. The Morgan fingerprint density at radius 2 is 1.52 bits per heavy atom. The van der Waals surface area contributed by atoms with E-state index in [4.69, 9.17) is 9.97 Å². The predicted octanol–water partition coefficient (Wildman–Crippen LogP) is 5.09. The van der Waals surface area contributed by atoms with Crippen LogP contribution in [0.4, 0.5) is 0 Å². The van der Waals surface area contributed by atoms with Crippen molar-refractivity contribution in [3.05, 3.63) is 83.9 Å². The van der Waals surface area contributed by atoms with Gasteiger partial charge in [-0.3, -0.25) is 0 Å². The summed E-state index contributed by atoms with van der Waals surface area (Å²) in [7, 11) is 0. The molecule has 3 aromatic carbocycles. The number of hydrogen-bond donors (Lipinski definition) is 0. The first-order chi connectivity index (χ1) is 12.3. The highest BCUT2D eigenvalue weighted by molar-refractivity contribution is 6.06. The Bertz CT molecular complexity index is 1220. The van der Waals surface area contributed by atoms with Crippen molar-refractivity contribution >= 4 is 33.1 Å². The molecule has 0 N–H and O–H groups in total. The van der Waals surface area contributed by atoms with Gasteiger partial charge in [0.15, 0.2) is 5.65 Å². The Morgan fingerprint density at radius 1 is 0.800 bits per heavy atom. The Balaban J connectivity index is 1.88. The van der Waals surface area contributed by atoms with Gasteiger partial charge >= 0.3 is 0 Å². The molecular weight excluding hydrogens is 306 g/mol. The third kappa shape index (κ3) is 2.28. The molecule has 0 fully saturated rings. The van der Waals surface area contributed by atoms with Crippen LogP contribution in [0.2, 0.25) is 0 Å². The largest absolute Gasteiger partial charge is 0.319 e. The first kappa shape index (κ1) is 14.2. The second-order valence-corrected chi connectivity index (χ2v) is 6.48. The van der Waals surface area contributed by atoms with Crippen molar-refractivity contribution < 1.29 is 0 Å². The molecule has 3 heteroatoms. The molecule has 120 valence electrons. The van der Waals surface area contributed by atoms with Crippen molar-refractivity contribution in [1.29, 1.82) is 0 Å². The second kappa shape index (κ2) is 5.42. The molecule has 5 aromatic rings. The van der Waals surface area contributed by atoms with E-state index < -0.39 is 0 Å². The maximum atomic E-state index is 4.94. The zero-order valence-corrected chi connectivity index (χ0v) is 14.0. The van der Waals surface area contributed by atoms with Crippen LogP contribution >= 0.6 is 0 Å². The quantitative estimate of drug-likeness (QED) is 0.453. The Hall–Kier alpha value is -3.20. The lowest BCUT2D eigenvalue weighted by Gasteiger charge is -2.07. The van der Waals surface area contributed by atoms with Crippen LogP contribution in [0.3, 0.4) is 0 Å². The van der Waals surface area contributed by atoms with E-state index in [1.54, 1.807) is 0 Å². The molecule has 0 atom stereocenters. The van der Waals surface area contributed by atoms with Crippen molar-refractivity contribution in [3.63, 3.8) is 0 Å². The van der Waals surface area contributed by atoms with Gasteiger partial charge in [-0.05, 0) is 36.8 Å². The van der Waals surface area contributed by atoms with Crippen LogP contribution in [0, 0.1) is 6.92 Å². The number of aryl methyl sites for hydroxylation is 1. The SMILES string of the molecule is Cc1ccc2c(c1)c1nc3ccccc3nc1n2Cc1ccccc1. The van der Waals surface area contributed by atoms with Gasteiger partial charge in [-0.1, -0.05) is 54.1 Å². The minimum Gasteiger partial charge on any atom is -0.319 e. The summed E-state index contributed by atoms with van der Waals surface area (Å²) in [4.78, 5) is 9.87. The number of rotatable bonds is 2. The highest BCUT2D eigenvalue weighted by atomic mass is 15.1. The molecule has 2 aromatic heterocycles. The van der Waals surface area contributed by atoms with Crippen LogP contribution in [0.5, 0.6) is 0 Å². The summed E-state index contributed by atoms with van der Waals surface area (Å²) in [6.45, 7) is 2.91. The highest BCUT2D eigenvalue weighted by Crippen LogP contribution is 2.29.